The van der Waals surface area contributed by atoms with Gasteiger partial charge in [-0.15, -0.1) is 0 Å². The molecule has 13 heavy (non-hydrogen) atoms. The van der Waals surface area contributed by atoms with Gasteiger partial charge in [0.15, 0.2) is 6.07 Å². The van der Waals surface area contributed by atoms with Gasteiger partial charge in [-0.25, -0.2) is 4.99 Å². The van der Waals surface area contributed by atoms with Crippen LogP contribution in [0.4, 0.5) is 5.69 Å². The lowest BCUT2D eigenvalue weighted by atomic mass is 10.1. The average molecular weight is 172 g/mol. The van der Waals surface area contributed by atoms with Crippen LogP contribution in [-0.2, 0) is 11.2 Å². The smallest absolute Gasteiger partial charge is 0.295 e. The fourth-order valence-corrected chi connectivity index (χ4v) is 1.29. The molecule has 0 N–H and O–H groups in total. The topological polar surface area (TPSA) is 45.4 Å². The van der Waals surface area contributed by atoms with Gasteiger partial charge in [0.25, 0.3) is 5.90 Å². The van der Waals surface area contributed by atoms with Crippen LogP contribution >= 0.6 is 0 Å². The highest BCUT2D eigenvalue weighted by atomic mass is 16.5. The van der Waals surface area contributed by atoms with E-state index in [-0.39, 0.29) is 5.90 Å². The van der Waals surface area contributed by atoms with E-state index in [0.717, 1.165) is 17.7 Å². The highest BCUT2D eigenvalue weighted by Gasteiger charge is 2.08. The molecule has 3 nitrogen and oxygen atoms in total. The Morgan fingerprint density at radius 3 is 3.08 bits per heavy atom. The number of para-hydroxylation sites is 1. The lowest BCUT2D eigenvalue weighted by Crippen LogP contribution is -2.01. The third-order valence-electron chi connectivity index (χ3n) is 1.92. The van der Waals surface area contributed by atoms with Gasteiger partial charge in [-0.3, -0.25) is 0 Å². The second-order valence-electron chi connectivity index (χ2n) is 2.76. The number of nitrogens with zero attached hydrogens (tertiary/aromatic N) is 2. The van der Waals surface area contributed by atoms with Crippen molar-refractivity contribution in [2.45, 2.75) is 6.42 Å². The highest BCUT2D eigenvalue weighted by Crippen LogP contribution is 2.21. The van der Waals surface area contributed by atoms with Crippen LogP contribution in [0, 0.1) is 11.3 Å². The number of hydrogen-bond donors (Lipinski definition) is 0. The molecule has 0 saturated carbocycles. The minimum absolute atomic E-state index is 0.157. The fourth-order valence-electron chi connectivity index (χ4n) is 1.29. The lowest BCUT2D eigenvalue weighted by molar-refractivity contribution is 0.316. The summed E-state index contributed by atoms with van der Waals surface area (Å²) in [6.07, 6.45) is 0.810. The van der Waals surface area contributed by atoms with E-state index in [2.05, 4.69) is 4.99 Å². The number of aliphatic imine (C=N–C) groups is 1. The van der Waals surface area contributed by atoms with E-state index < -0.39 is 0 Å². The maximum absolute atomic E-state index is 8.64. The Morgan fingerprint density at radius 1 is 1.38 bits per heavy atom. The van der Waals surface area contributed by atoms with Crippen molar-refractivity contribution in [1.29, 1.82) is 5.26 Å². The Labute approximate surface area is 76.3 Å². The van der Waals surface area contributed by atoms with Gasteiger partial charge in [-0.2, -0.15) is 5.26 Å². The number of nitriles is 1. The quantitative estimate of drug-likeness (QED) is 0.599. The van der Waals surface area contributed by atoms with Crippen molar-refractivity contribution in [3.63, 3.8) is 0 Å². The number of hydrogen-bond acceptors (Lipinski definition) is 3. The summed E-state index contributed by atoms with van der Waals surface area (Å²) in [6, 6.07) is 9.67. The van der Waals surface area contributed by atoms with Crippen molar-refractivity contribution in [3.8, 4) is 6.07 Å². The van der Waals surface area contributed by atoms with Crippen molar-refractivity contribution >= 4 is 11.6 Å². The summed E-state index contributed by atoms with van der Waals surface area (Å²) in [4.78, 5) is 4.09. The van der Waals surface area contributed by atoms with Crippen LogP contribution in [0.3, 0.4) is 0 Å². The third kappa shape index (κ3) is 1.52. The lowest BCUT2D eigenvalue weighted by Gasteiger charge is -1.98. The first kappa shape index (κ1) is 7.81. The summed E-state index contributed by atoms with van der Waals surface area (Å²) in [5, 5.41) is 8.64. The van der Waals surface area contributed by atoms with Gasteiger partial charge in [-0.1, -0.05) is 18.2 Å². The summed E-state index contributed by atoms with van der Waals surface area (Å²) in [5.74, 6) is 0.157. The Balaban J connectivity index is 2.47. The molecule has 1 aromatic rings. The van der Waals surface area contributed by atoms with Gasteiger partial charge in [0.05, 0.1) is 12.3 Å². The molecule has 0 spiro atoms. The van der Waals surface area contributed by atoms with Gasteiger partial charge in [0, 0.05) is 6.42 Å². The highest BCUT2D eigenvalue weighted by molar-refractivity contribution is 5.93. The summed E-state index contributed by atoms with van der Waals surface area (Å²) in [5.41, 5.74) is 1.98. The van der Waals surface area contributed by atoms with E-state index in [1.165, 1.54) is 0 Å². The number of rotatable bonds is 0. The zero-order valence-corrected chi connectivity index (χ0v) is 7.03. The van der Waals surface area contributed by atoms with Crippen LogP contribution in [0.15, 0.2) is 29.3 Å². The standard InChI is InChI=1S/C10H8N2O/c11-7-10-12-9-4-2-1-3-8(9)5-6-13-10/h1-4H,5-6H2. The largest absolute Gasteiger partial charge is 0.470 e. The van der Waals surface area contributed by atoms with Crippen LogP contribution in [0.5, 0.6) is 0 Å². The van der Waals surface area contributed by atoms with Crippen LogP contribution in [0.1, 0.15) is 5.56 Å². The predicted octanol–water partition coefficient (Wildman–Crippen LogP) is 1.81. The van der Waals surface area contributed by atoms with Crippen LogP contribution in [0.25, 0.3) is 0 Å². The molecule has 0 fully saturated rings. The molecule has 1 aliphatic heterocycles. The van der Waals surface area contributed by atoms with Crippen LogP contribution in [0.2, 0.25) is 0 Å². The van der Waals surface area contributed by atoms with Gasteiger partial charge in [0.1, 0.15) is 0 Å². The first-order valence-corrected chi connectivity index (χ1v) is 4.09. The second kappa shape index (κ2) is 3.28. The molecule has 1 aromatic carbocycles. The third-order valence-corrected chi connectivity index (χ3v) is 1.92. The van der Waals surface area contributed by atoms with E-state index in [9.17, 15) is 0 Å². The molecular weight excluding hydrogens is 164 g/mol. The zero-order valence-electron chi connectivity index (χ0n) is 7.03. The van der Waals surface area contributed by atoms with E-state index >= 15 is 0 Å². The molecule has 0 amide bonds. The van der Waals surface area contributed by atoms with E-state index in [1.807, 2.05) is 30.3 Å². The van der Waals surface area contributed by atoms with E-state index in [4.69, 9.17) is 10.00 Å². The average Bonchev–Trinajstić information content (AvgIpc) is 2.38. The maximum Gasteiger partial charge on any atom is 0.295 e. The monoisotopic (exact) mass is 172 g/mol. The molecule has 0 saturated heterocycles. The van der Waals surface area contributed by atoms with Gasteiger partial charge < -0.3 is 4.74 Å². The molecule has 64 valence electrons. The molecule has 0 aliphatic carbocycles. The van der Waals surface area contributed by atoms with Crippen LogP contribution < -0.4 is 0 Å². The Hall–Kier alpha value is -1.82. The molecule has 0 radical (unpaired) electrons. The molecule has 2 rings (SSSR count). The second-order valence-corrected chi connectivity index (χ2v) is 2.76. The van der Waals surface area contributed by atoms with E-state index in [1.54, 1.807) is 0 Å². The van der Waals surface area contributed by atoms with E-state index in [0.29, 0.717) is 6.61 Å². The van der Waals surface area contributed by atoms with Gasteiger partial charge in [-0.05, 0) is 11.6 Å². The number of fused-ring (bicyclic) bond motifs is 1. The predicted molar refractivity (Wildman–Crippen MR) is 48.8 cm³/mol. The summed E-state index contributed by atoms with van der Waals surface area (Å²) < 4.78 is 5.12. The normalized spacial score (nSPS) is 14.5. The molecule has 0 atom stereocenters. The van der Waals surface area contributed by atoms with Crippen molar-refractivity contribution in [2.75, 3.05) is 6.61 Å². The first-order chi connectivity index (χ1) is 6.40. The molecule has 0 aromatic heterocycles. The first-order valence-electron chi connectivity index (χ1n) is 4.09. The summed E-state index contributed by atoms with van der Waals surface area (Å²) in [6.45, 7) is 0.531. The molecule has 0 bridgehead atoms. The number of ether oxygens (including phenoxy) is 1. The van der Waals surface area contributed by atoms with Crippen LogP contribution in [-0.4, -0.2) is 12.5 Å². The molecule has 1 aliphatic rings. The minimum atomic E-state index is 0.157. The van der Waals surface area contributed by atoms with Crippen molar-refractivity contribution in [3.05, 3.63) is 29.8 Å². The molecule has 3 heteroatoms. The minimum Gasteiger partial charge on any atom is -0.470 e. The number of benzene rings is 1. The summed E-state index contributed by atoms with van der Waals surface area (Å²) >= 11 is 0. The SMILES string of the molecule is N#CC1=Nc2ccccc2CCO1. The Kier molecular flexibility index (Phi) is 1.97. The molecular formula is C10H8N2O. The Morgan fingerprint density at radius 2 is 2.23 bits per heavy atom. The van der Waals surface area contributed by atoms with Gasteiger partial charge >= 0.3 is 0 Å². The molecule has 0 unspecified atom stereocenters. The van der Waals surface area contributed by atoms with Crippen molar-refractivity contribution in [1.82, 2.24) is 0 Å². The van der Waals surface area contributed by atoms with Crippen molar-refractivity contribution in [2.24, 2.45) is 4.99 Å². The Bertz CT molecular complexity index is 390. The zero-order chi connectivity index (χ0) is 9.10. The maximum atomic E-state index is 8.64. The van der Waals surface area contributed by atoms with Crippen molar-refractivity contribution < 1.29 is 4.74 Å². The molecule has 1 heterocycles. The summed E-state index contributed by atoms with van der Waals surface area (Å²) in [7, 11) is 0. The van der Waals surface area contributed by atoms with Gasteiger partial charge in [0.2, 0.25) is 0 Å². The fraction of sp³-hybridized carbons (Fsp3) is 0.200.